The number of piperidine rings is 1. The van der Waals surface area contributed by atoms with Crippen LogP contribution in [0, 0.1) is 5.92 Å². The van der Waals surface area contributed by atoms with Gasteiger partial charge in [-0.1, -0.05) is 80.9 Å². The van der Waals surface area contributed by atoms with Crippen LogP contribution in [0.15, 0.2) is 60.7 Å². The number of nitrogens with two attached hydrogens (primary N) is 2. The fraction of sp³-hybridized carbons (Fsp3) is 0.550. The molecule has 1 unspecified atom stereocenters. The summed E-state index contributed by atoms with van der Waals surface area (Å²) in [5, 5.41) is 2.85. The predicted molar refractivity (Wildman–Crippen MR) is 205 cm³/mol. The lowest BCUT2D eigenvalue weighted by Gasteiger charge is -2.41. The van der Waals surface area contributed by atoms with Gasteiger partial charge in [0, 0.05) is 33.6 Å². The van der Waals surface area contributed by atoms with E-state index in [-0.39, 0.29) is 18.2 Å². The minimum atomic E-state index is -0.959. The quantitative estimate of drug-likeness (QED) is 0.119. The topological polar surface area (TPSA) is 191 Å². The van der Waals surface area contributed by atoms with Gasteiger partial charge in [0.25, 0.3) is 5.91 Å². The zero-order valence-electron chi connectivity index (χ0n) is 32.3. The van der Waals surface area contributed by atoms with Crippen molar-refractivity contribution in [2.75, 3.05) is 27.2 Å². The number of carbonyl (C=O) groups is 6. The van der Waals surface area contributed by atoms with Gasteiger partial charge in [-0.3, -0.25) is 34.2 Å². The Balaban J connectivity index is 1.52. The number of hydrazine groups is 1. The number of nitrogens with one attached hydrogen (secondary N) is 2. The van der Waals surface area contributed by atoms with E-state index in [1.807, 2.05) is 74.5 Å². The molecule has 2 fully saturated rings. The maximum atomic E-state index is 14.4. The van der Waals surface area contributed by atoms with Gasteiger partial charge in [0.05, 0.1) is 6.04 Å². The number of benzene rings is 2. The van der Waals surface area contributed by atoms with Crippen molar-refractivity contribution in [3.8, 4) is 0 Å². The largest absolute Gasteiger partial charge is 0.343 e. The molecular formula is C40H58N8O6. The molecule has 6 amide bonds. The zero-order valence-corrected chi connectivity index (χ0v) is 32.3. The highest BCUT2D eigenvalue weighted by atomic mass is 16.2. The number of hydrogen-bond donors (Lipinski definition) is 4. The number of amides is 6. The molecule has 0 bridgehead atoms. The molecular weight excluding hydrogens is 688 g/mol. The molecule has 0 radical (unpaired) electrons. The molecule has 2 saturated heterocycles. The number of likely N-dealkylation sites (tertiary alicyclic amines) is 2. The highest BCUT2D eigenvalue weighted by Crippen LogP contribution is 2.26. The van der Waals surface area contributed by atoms with Crippen molar-refractivity contribution in [2.45, 2.75) is 108 Å². The lowest BCUT2D eigenvalue weighted by atomic mass is 9.95. The molecule has 2 heterocycles. The molecule has 294 valence electrons. The fourth-order valence-electron chi connectivity index (χ4n) is 7.38. The minimum absolute atomic E-state index is 0.210. The van der Waals surface area contributed by atoms with E-state index < -0.39 is 65.8 Å². The Hall–Kier alpha value is -4.82. The van der Waals surface area contributed by atoms with Crippen LogP contribution in [0.4, 0.5) is 0 Å². The van der Waals surface area contributed by atoms with E-state index in [4.69, 9.17) is 11.6 Å². The predicted octanol–water partition coefficient (Wildman–Crippen LogP) is 1.37. The summed E-state index contributed by atoms with van der Waals surface area (Å²) in [6.07, 6.45) is 3.94. The van der Waals surface area contributed by atoms with Crippen LogP contribution in [0.5, 0.6) is 0 Å². The molecule has 14 heteroatoms. The fourth-order valence-corrected chi connectivity index (χ4v) is 7.38. The van der Waals surface area contributed by atoms with Gasteiger partial charge in [0.15, 0.2) is 0 Å². The molecule has 0 saturated carbocycles. The van der Waals surface area contributed by atoms with Crippen LogP contribution in [0.2, 0.25) is 0 Å². The van der Waals surface area contributed by atoms with Crippen LogP contribution in [-0.2, 0) is 41.6 Å². The number of rotatable bonds is 15. The second-order valence-electron chi connectivity index (χ2n) is 14.7. The normalized spacial score (nSPS) is 19.8. The van der Waals surface area contributed by atoms with E-state index in [1.165, 1.54) is 26.6 Å². The Labute approximate surface area is 318 Å². The summed E-state index contributed by atoms with van der Waals surface area (Å²) in [6, 6.07) is 13.4. The van der Waals surface area contributed by atoms with E-state index in [0.717, 1.165) is 11.1 Å². The van der Waals surface area contributed by atoms with E-state index >= 15 is 0 Å². The van der Waals surface area contributed by atoms with Crippen LogP contribution in [-0.4, -0.2) is 118 Å². The second-order valence-corrected chi connectivity index (χ2v) is 14.7. The summed E-state index contributed by atoms with van der Waals surface area (Å²) in [4.78, 5) is 88.5. The summed E-state index contributed by atoms with van der Waals surface area (Å²) >= 11 is 0. The van der Waals surface area contributed by atoms with Crippen LogP contribution < -0.4 is 22.3 Å². The third-order valence-corrected chi connectivity index (χ3v) is 11.1. The standard InChI is InChI=1S/C40H58N8O6/c1-6-26(2)34(43-35(49)30(41)24-28-16-9-7-10-17-28)40(54)45(4)27(3)37(51)48-22-14-13-20-32(48)38(52)46(5)33(25-29-18-11-8-12-19-29)39(53)47-23-15-21-31(47)36(50)44-42/h7-12,16-19,26-27,30-34H,6,13-15,20-25,41-42H2,1-5H3,(H,43,49)(H,44,50)/t26?,27-,30-,31+,32+,33-,34+/m1/s1. The number of nitrogens with zero attached hydrogens (tertiary/aromatic N) is 4. The van der Waals surface area contributed by atoms with Crippen LogP contribution in [0.3, 0.4) is 0 Å². The lowest BCUT2D eigenvalue weighted by molar-refractivity contribution is -0.156. The first-order chi connectivity index (χ1) is 25.8. The van der Waals surface area contributed by atoms with Crippen molar-refractivity contribution in [2.24, 2.45) is 17.5 Å². The molecule has 2 aromatic rings. The SMILES string of the molecule is CCC(C)[C@H](NC(=O)[C@H](N)Cc1ccccc1)C(=O)N(C)[C@H](C)C(=O)N1CCCC[C@H]1C(=O)N(C)[C@H](Cc1ccccc1)C(=O)N1CCC[C@H]1C(=O)NN. The summed E-state index contributed by atoms with van der Waals surface area (Å²) in [6.45, 7) is 6.06. The maximum Gasteiger partial charge on any atom is 0.256 e. The summed E-state index contributed by atoms with van der Waals surface area (Å²) in [5.74, 6) is 2.66. The maximum absolute atomic E-state index is 14.4. The average molecular weight is 747 g/mol. The smallest absolute Gasteiger partial charge is 0.256 e. The second kappa shape index (κ2) is 19.5. The van der Waals surface area contributed by atoms with Crippen LogP contribution in [0.1, 0.15) is 70.4 Å². The summed E-state index contributed by atoms with van der Waals surface area (Å²) in [7, 11) is 3.10. The molecule has 2 aromatic carbocycles. The molecule has 7 atom stereocenters. The Kier molecular flexibility index (Phi) is 15.1. The first kappa shape index (κ1) is 41.9. The molecule has 14 nitrogen and oxygen atoms in total. The summed E-state index contributed by atoms with van der Waals surface area (Å²) < 4.78 is 0. The Morgan fingerprint density at radius 2 is 1.33 bits per heavy atom. The Bertz CT molecular complexity index is 1610. The van der Waals surface area contributed by atoms with Crippen molar-refractivity contribution in [3.05, 3.63) is 71.8 Å². The molecule has 54 heavy (non-hydrogen) atoms. The molecule has 2 aliphatic rings. The van der Waals surface area contributed by atoms with Crippen molar-refractivity contribution >= 4 is 35.4 Å². The van der Waals surface area contributed by atoms with Gasteiger partial charge in [0.2, 0.25) is 29.5 Å². The third-order valence-electron chi connectivity index (χ3n) is 11.1. The van der Waals surface area contributed by atoms with E-state index in [0.29, 0.717) is 58.0 Å². The first-order valence-corrected chi connectivity index (χ1v) is 19.1. The first-order valence-electron chi connectivity index (χ1n) is 19.1. The molecule has 0 aliphatic carbocycles. The Morgan fingerprint density at radius 3 is 1.93 bits per heavy atom. The van der Waals surface area contributed by atoms with Crippen molar-refractivity contribution < 1.29 is 28.8 Å². The van der Waals surface area contributed by atoms with E-state index in [2.05, 4.69) is 10.7 Å². The number of hydrogen-bond acceptors (Lipinski definition) is 8. The number of carbonyl (C=O) groups excluding carboxylic acids is 6. The van der Waals surface area contributed by atoms with Gasteiger partial charge in [-0.2, -0.15) is 0 Å². The molecule has 0 aromatic heterocycles. The van der Waals surface area contributed by atoms with Crippen molar-refractivity contribution in [3.63, 3.8) is 0 Å². The van der Waals surface area contributed by atoms with Crippen molar-refractivity contribution in [1.82, 2.24) is 30.3 Å². The van der Waals surface area contributed by atoms with E-state index in [1.54, 1.807) is 14.0 Å². The highest BCUT2D eigenvalue weighted by Gasteiger charge is 2.43. The monoisotopic (exact) mass is 746 g/mol. The van der Waals surface area contributed by atoms with E-state index in [9.17, 15) is 28.8 Å². The summed E-state index contributed by atoms with van der Waals surface area (Å²) in [5.41, 5.74) is 10.1. The van der Waals surface area contributed by atoms with Crippen LogP contribution >= 0.6 is 0 Å². The lowest BCUT2D eigenvalue weighted by Crippen LogP contribution is -2.62. The zero-order chi connectivity index (χ0) is 39.5. The minimum Gasteiger partial charge on any atom is -0.343 e. The number of likely N-dealkylation sites (N-methyl/N-ethyl adjacent to an activating group) is 2. The van der Waals surface area contributed by atoms with Gasteiger partial charge in [-0.05, 0) is 62.5 Å². The average Bonchev–Trinajstić information content (AvgIpc) is 3.70. The molecule has 4 rings (SSSR count). The van der Waals surface area contributed by atoms with Gasteiger partial charge in [0.1, 0.15) is 30.2 Å². The van der Waals surface area contributed by atoms with Gasteiger partial charge >= 0.3 is 0 Å². The van der Waals surface area contributed by atoms with Gasteiger partial charge < -0.3 is 30.7 Å². The highest BCUT2D eigenvalue weighted by molar-refractivity contribution is 5.97. The van der Waals surface area contributed by atoms with Crippen molar-refractivity contribution in [1.29, 1.82) is 0 Å². The third kappa shape index (κ3) is 10.0. The van der Waals surface area contributed by atoms with Gasteiger partial charge in [-0.25, -0.2) is 5.84 Å². The molecule has 6 N–H and O–H groups in total. The Morgan fingerprint density at radius 1 is 0.778 bits per heavy atom. The molecule has 0 spiro atoms. The molecule has 2 aliphatic heterocycles. The van der Waals surface area contributed by atoms with Gasteiger partial charge in [-0.15, -0.1) is 0 Å². The van der Waals surface area contributed by atoms with Crippen LogP contribution in [0.25, 0.3) is 0 Å².